The van der Waals surface area contributed by atoms with Crippen LogP contribution in [-0.4, -0.2) is 18.3 Å². The van der Waals surface area contributed by atoms with Gasteiger partial charge in [-0.2, -0.15) is 0 Å². The van der Waals surface area contributed by atoms with E-state index in [1.807, 2.05) is 37.3 Å². The minimum Gasteiger partial charge on any atom is -0.507 e. The number of aromatic hydroxyl groups is 1. The summed E-state index contributed by atoms with van der Waals surface area (Å²) in [5.74, 6) is 0.331. The van der Waals surface area contributed by atoms with Gasteiger partial charge < -0.3 is 9.84 Å². The van der Waals surface area contributed by atoms with Crippen LogP contribution in [0.5, 0.6) is 5.75 Å². The Labute approximate surface area is 96.9 Å². The van der Waals surface area contributed by atoms with Crippen molar-refractivity contribution in [3.05, 3.63) is 48.1 Å². The number of benzene rings is 1. The Morgan fingerprint density at radius 1 is 1.44 bits per heavy atom. The van der Waals surface area contributed by atoms with Crippen LogP contribution in [0.1, 0.15) is 18.1 Å². The fourth-order valence-electron chi connectivity index (χ4n) is 1.29. The quantitative estimate of drug-likeness (QED) is 0.624. The van der Waals surface area contributed by atoms with Crippen molar-refractivity contribution in [3.63, 3.8) is 0 Å². The molecule has 2 nitrogen and oxygen atoms in total. The van der Waals surface area contributed by atoms with Crippen LogP contribution >= 0.6 is 0 Å². The zero-order valence-electron chi connectivity index (χ0n) is 9.65. The van der Waals surface area contributed by atoms with Crippen molar-refractivity contribution in [2.45, 2.75) is 13.3 Å². The van der Waals surface area contributed by atoms with E-state index in [-0.39, 0.29) is 0 Å². The maximum absolute atomic E-state index is 9.56. The molecule has 0 bridgehead atoms. The normalized spacial score (nSPS) is 13.1. The molecule has 0 aromatic heterocycles. The zero-order valence-corrected chi connectivity index (χ0v) is 9.65. The second-order valence-corrected chi connectivity index (χ2v) is 3.46. The minimum absolute atomic E-state index is 0.331. The van der Waals surface area contributed by atoms with Crippen LogP contribution in [-0.2, 0) is 11.2 Å². The maximum atomic E-state index is 9.56. The summed E-state index contributed by atoms with van der Waals surface area (Å²) in [6.45, 7) is 7.62. The maximum Gasteiger partial charge on any atom is 0.123 e. The third-order valence-corrected chi connectivity index (χ3v) is 2.08. The van der Waals surface area contributed by atoms with E-state index in [0.717, 1.165) is 30.8 Å². The third kappa shape index (κ3) is 4.32. The molecule has 0 aliphatic carbocycles. The summed E-state index contributed by atoms with van der Waals surface area (Å²) >= 11 is 0. The monoisotopic (exact) mass is 218 g/mol. The molecule has 0 amide bonds. The van der Waals surface area contributed by atoms with Crippen LogP contribution in [0.3, 0.4) is 0 Å². The average Bonchev–Trinajstić information content (AvgIpc) is 3.11. The SMILES string of the molecule is C1CO1.C=CCc1cccc(O)c1C=CC. The van der Waals surface area contributed by atoms with Gasteiger partial charge in [0.1, 0.15) is 5.75 Å². The second kappa shape index (κ2) is 6.85. The molecule has 0 atom stereocenters. The largest absolute Gasteiger partial charge is 0.507 e. The molecule has 16 heavy (non-hydrogen) atoms. The van der Waals surface area contributed by atoms with Crippen LogP contribution in [0.4, 0.5) is 0 Å². The Bertz CT molecular complexity index is 362. The Balaban J connectivity index is 0.000000365. The highest BCUT2D eigenvalue weighted by molar-refractivity contribution is 5.60. The first kappa shape index (κ1) is 12.5. The van der Waals surface area contributed by atoms with Crippen molar-refractivity contribution < 1.29 is 9.84 Å². The molecule has 0 spiro atoms. The van der Waals surface area contributed by atoms with Crippen molar-refractivity contribution in [1.82, 2.24) is 0 Å². The van der Waals surface area contributed by atoms with Crippen LogP contribution in [0.2, 0.25) is 0 Å². The lowest BCUT2D eigenvalue weighted by atomic mass is 10.0. The number of hydrogen-bond donors (Lipinski definition) is 1. The van der Waals surface area contributed by atoms with Crippen molar-refractivity contribution in [2.75, 3.05) is 13.2 Å². The van der Waals surface area contributed by atoms with E-state index < -0.39 is 0 Å². The smallest absolute Gasteiger partial charge is 0.123 e. The highest BCUT2D eigenvalue weighted by atomic mass is 16.6. The number of allylic oxidation sites excluding steroid dienone is 2. The molecule has 1 aromatic carbocycles. The molecule has 2 heteroatoms. The Morgan fingerprint density at radius 2 is 2.12 bits per heavy atom. The summed E-state index contributed by atoms with van der Waals surface area (Å²) in [7, 11) is 0. The van der Waals surface area contributed by atoms with Gasteiger partial charge >= 0.3 is 0 Å². The standard InChI is InChI=1S/C12H14O.C2H4O/c1-3-6-10-8-5-9-12(13)11(10)7-4-2;1-2-3-1/h3-5,7-9,13H,1,6H2,2H3;1-2H2. The molecule has 1 aliphatic rings. The zero-order chi connectivity index (χ0) is 11.8. The van der Waals surface area contributed by atoms with Gasteiger partial charge in [0.15, 0.2) is 0 Å². The van der Waals surface area contributed by atoms with Gasteiger partial charge in [-0.1, -0.05) is 30.4 Å². The number of hydrogen-bond acceptors (Lipinski definition) is 2. The van der Waals surface area contributed by atoms with E-state index in [1.54, 1.807) is 6.07 Å². The van der Waals surface area contributed by atoms with Gasteiger partial charge in [0.05, 0.1) is 13.2 Å². The van der Waals surface area contributed by atoms with E-state index in [9.17, 15) is 5.11 Å². The first-order chi connectivity index (χ1) is 7.79. The second-order valence-electron chi connectivity index (χ2n) is 3.46. The van der Waals surface area contributed by atoms with Gasteiger partial charge in [-0.25, -0.2) is 0 Å². The fourth-order valence-corrected chi connectivity index (χ4v) is 1.29. The fraction of sp³-hybridized carbons (Fsp3) is 0.286. The molecule has 1 aliphatic heterocycles. The topological polar surface area (TPSA) is 32.8 Å². The third-order valence-electron chi connectivity index (χ3n) is 2.08. The van der Waals surface area contributed by atoms with Gasteiger partial charge in [0.2, 0.25) is 0 Å². The van der Waals surface area contributed by atoms with Gasteiger partial charge in [-0.15, -0.1) is 6.58 Å². The van der Waals surface area contributed by atoms with E-state index >= 15 is 0 Å². The highest BCUT2D eigenvalue weighted by Gasteiger charge is 2.01. The van der Waals surface area contributed by atoms with Crippen LogP contribution in [0.25, 0.3) is 6.08 Å². The molecular formula is C14H18O2. The Morgan fingerprint density at radius 3 is 2.62 bits per heavy atom. The molecule has 0 radical (unpaired) electrons. The first-order valence-corrected chi connectivity index (χ1v) is 5.41. The molecule has 1 saturated heterocycles. The molecule has 1 fully saturated rings. The average molecular weight is 218 g/mol. The summed E-state index contributed by atoms with van der Waals surface area (Å²) in [4.78, 5) is 0. The van der Waals surface area contributed by atoms with E-state index in [0.29, 0.717) is 5.75 Å². The van der Waals surface area contributed by atoms with Crippen LogP contribution < -0.4 is 0 Å². The molecule has 1 aromatic rings. The molecule has 1 N–H and O–H groups in total. The van der Waals surface area contributed by atoms with E-state index in [4.69, 9.17) is 0 Å². The van der Waals surface area contributed by atoms with Crippen LogP contribution in [0.15, 0.2) is 36.9 Å². The lowest BCUT2D eigenvalue weighted by Gasteiger charge is -2.05. The van der Waals surface area contributed by atoms with Crippen molar-refractivity contribution in [2.24, 2.45) is 0 Å². The van der Waals surface area contributed by atoms with Gasteiger partial charge in [-0.3, -0.25) is 0 Å². The Hall–Kier alpha value is -1.54. The van der Waals surface area contributed by atoms with Crippen LogP contribution in [0, 0.1) is 0 Å². The number of ether oxygens (including phenoxy) is 1. The predicted molar refractivity (Wildman–Crippen MR) is 67.5 cm³/mol. The minimum atomic E-state index is 0.331. The molecule has 1 heterocycles. The molecule has 86 valence electrons. The Kier molecular flexibility index (Phi) is 5.37. The number of epoxide rings is 1. The number of phenols is 1. The van der Waals surface area contributed by atoms with Crippen molar-refractivity contribution >= 4 is 6.08 Å². The number of rotatable bonds is 3. The van der Waals surface area contributed by atoms with E-state index in [1.165, 1.54) is 0 Å². The summed E-state index contributed by atoms with van der Waals surface area (Å²) in [6, 6.07) is 5.54. The van der Waals surface area contributed by atoms with Crippen molar-refractivity contribution in [1.29, 1.82) is 0 Å². The molecule has 0 saturated carbocycles. The molecule has 2 rings (SSSR count). The highest BCUT2D eigenvalue weighted by Crippen LogP contribution is 2.23. The predicted octanol–water partition coefficient (Wildman–Crippen LogP) is 3.17. The lowest BCUT2D eigenvalue weighted by molar-refractivity contribution is 0.473. The first-order valence-electron chi connectivity index (χ1n) is 5.41. The molecule has 0 unspecified atom stereocenters. The summed E-state index contributed by atoms with van der Waals surface area (Å²) < 4.78 is 4.50. The van der Waals surface area contributed by atoms with E-state index in [2.05, 4.69) is 11.3 Å². The summed E-state index contributed by atoms with van der Waals surface area (Å²) in [6.07, 6.45) is 6.45. The van der Waals surface area contributed by atoms with Gasteiger partial charge in [-0.05, 0) is 25.0 Å². The lowest BCUT2D eigenvalue weighted by Crippen LogP contribution is -1.86. The van der Waals surface area contributed by atoms with Crippen molar-refractivity contribution in [3.8, 4) is 5.75 Å². The summed E-state index contributed by atoms with van der Waals surface area (Å²) in [5.41, 5.74) is 2.00. The number of phenolic OH excluding ortho intramolecular Hbond substituents is 1. The summed E-state index contributed by atoms with van der Waals surface area (Å²) in [5, 5.41) is 9.56. The van der Waals surface area contributed by atoms with Gasteiger partial charge in [0, 0.05) is 5.56 Å². The van der Waals surface area contributed by atoms with Gasteiger partial charge in [0.25, 0.3) is 0 Å². The molecular weight excluding hydrogens is 200 g/mol.